The molecule has 0 heterocycles. The van der Waals surface area contributed by atoms with Crippen LogP contribution in [0.25, 0.3) is 0 Å². The quantitative estimate of drug-likeness (QED) is 0.816. The maximum Gasteiger partial charge on any atom is 0.326 e. The fourth-order valence-electron chi connectivity index (χ4n) is 1.99. The van der Waals surface area contributed by atoms with Crippen LogP contribution in [0, 0.1) is 6.92 Å². The zero-order chi connectivity index (χ0) is 15.4. The lowest BCUT2D eigenvalue weighted by atomic mass is 9.98. The third kappa shape index (κ3) is 3.80. The van der Waals surface area contributed by atoms with Crippen molar-refractivity contribution in [3.8, 4) is 0 Å². The Morgan fingerprint density at radius 2 is 1.85 bits per heavy atom. The number of nitrogens with one attached hydrogen (secondary N) is 1. The predicted molar refractivity (Wildman–Crippen MR) is 76.8 cm³/mol. The Morgan fingerprint density at radius 3 is 2.30 bits per heavy atom. The highest BCUT2D eigenvalue weighted by Gasteiger charge is 2.38. The van der Waals surface area contributed by atoms with Gasteiger partial charge in [0.1, 0.15) is 5.54 Å². The topological polar surface area (TPSA) is 72.5 Å². The van der Waals surface area contributed by atoms with Crippen LogP contribution in [0.2, 0.25) is 0 Å². The van der Waals surface area contributed by atoms with Crippen molar-refractivity contribution >= 4 is 16.0 Å². The van der Waals surface area contributed by atoms with Gasteiger partial charge in [0.2, 0.25) is 10.0 Å². The van der Waals surface area contributed by atoms with Crippen LogP contribution in [0.15, 0.2) is 29.2 Å². The molecule has 0 saturated heterocycles. The first kappa shape index (κ1) is 16.7. The normalized spacial score (nSPS) is 14.6. The lowest BCUT2D eigenvalue weighted by molar-refractivity contribution is -0.147. The zero-order valence-electron chi connectivity index (χ0n) is 12.3. The van der Waals surface area contributed by atoms with E-state index >= 15 is 0 Å². The molecule has 0 aliphatic rings. The van der Waals surface area contributed by atoms with E-state index in [2.05, 4.69) is 4.72 Å². The Kier molecular flexibility index (Phi) is 5.30. The number of esters is 1. The molecule has 0 spiro atoms. The molecular formula is C14H21NO4S. The summed E-state index contributed by atoms with van der Waals surface area (Å²) in [6, 6.07) is 6.45. The first-order valence-corrected chi connectivity index (χ1v) is 7.92. The molecule has 112 valence electrons. The van der Waals surface area contributed by atoms with Gasteiger partial charge in [-0.05, 0) is 32.4 Å². The predicted octanol–water partition coefficient (Wildman–Crippen LogP) is 2.01. The lowest BCUT2D eigenvalue weighted by Gasteiger charge is -2.27. The second-order valence-corrected chi connectivity index (χ2v) is 6.67. The van der Waals surface area contributed by atoms with Crippen LogP contribution in [0.5, 0.6) is 0 Å². The summed E-state index contributed by atoms with van der Waals surface area (Å²) >= 11 is 0. The van der Waals surface area contributed by atoms with Crippen molar-refractivity contribution in [3.05, 3.63) is 29.8 Å². The number of rotatable bonds is 6. The average molecular weight is 299 g/mol. The van der Waals surface area contributed by atoms with Gasteiger partial charge in [0.15, 0.2) is 0 Å². The molecule has 0 aliphatic carbocycles. The minimum absolute atomic E-state index is 0.134. The van der Waals surface area contributed by atoms with E-state index in [-0.39, 0.29) is 4.90 Å². The van der Waals surface area contributed by atoms with Crippen molar-refractivity contribution in [1.29, 1.82) is 0 Å². The summed E-state index contributed by atoms with van der Waals surface area (Å²) in [6.07, 6.45) is 1.02. The minimum atomic E-state index is -3.76. The molecule has 1 unspecified atom stereocenters. The van der Waals surface area contributed by atoms with Crippen LogP contribution in [-0.4, -0.2) is 27.0 Å². The monoisotopic (exact) mass is 299 g/mol. The molecule has 1 aromatic rings. The standard InChI is InChI=1S/C14H21NO4S/c1-5-10-14(3,13(16)19-4)15-20(17,18)12-8-6-11(2)7-9-12/h6-9,15H,5,10H2,1-4H3. The van der Waals surface area contributed by atoms with Crippen LogP contribution in [0.4, 0.5) is 0 Å². The minimum Gasteiger partial charge on any atom is -0.468 e. The number of sulfonamides is 1. The first-order chi connectivity index (χ1) is 9.25. The molecule has 1 rings (SSSR count). The molecule has 6 heteroatoms. The molecule has 0 bridgehead atoms. The second kappa shape index (κ2) is 6.37. The van der Waals surface area contributed by atoms with E-state index < -0.39 is 21.5 Å². The maximum absolute atomic E-state index is 12.3. The SMILES string of the molecule is CCCC(C)(NS(=O)(=O)c1ccc(C)cc1)C(=O)OC. The van der Waals surface area contributed by atoms with E-state index in [4.69, 9.17) is 4.74 Å². The van der Waals surface area contributed by atoms with Crippen molar-refractivity contribution in [1.82, 2.24) is 4.72 Å². The van der Waals surface area contributed by atoms with Crippen LogP contribution >= 0.6 is 0 Å². The third-order valence-electron chi connectivity index (χ3n) is 3.08. The Balaban J connectivity index is 3.09. The Hall–Kier alpha value is -1.40. The van der Waals surface area contributed by atoms with Crippen LogP contribution in [0.3, 0.4) is 0 Å². The lowest BCUT2D eigenvalue weighted by Crippen LogP contribution is -2.52. The van der Waals surface area contributed by atoms with Crippen molar-refractivity contribution in [3.63, 3.8) is 0 Å². The summed E-state index contributed by atoms with van der Waals surface area (Å²) in [7, 11) is -2.52. The fourth-order valence-corrected chi connectivity index (χ4v) is 3.38. The van der Waals surface area contributed by atoms with Crippen LogP contribution in [-0.2, 0) is 19.6 Å². The number of carbonyl (C=O) groups is 1. The number of hydrogen-bond donors (Lipinski definition) is 1. The van der Waals surface area contributed by atoms with E-state index in [1.165, 1.54) is 26.2 Å². The molecule has 0 aliphatic heterocycles. The number of hydrogen-bond acceptors (Lipinski definition) is 4. The van der Waals surface area contributed by atoms with E-state index in [9.17, 15) is 13.2 Å². The molecule has 0 saturated carbocycles. The van der Waals surface area contributed by atoms with E-state index in [1.54, 1.807) is 12.1 Å². The third-order valence-corrected chi connectivity index (χ3v) is 4.69. The molecule has 1 N–H and O–H groups in total. The Labute approximate surface area is 120 Å². The van der Waals surface area contributed by atoms with Crippen molar-refractivity contribution in [2.75, 3.05) is 7.11 Å². The molecule has 0 aromatic heterocycles. The smallest absolute Gasteiger partial charge is 0.326 e. The molecule has 0 amide bonds. The molecule has 0 fully saturated rings. The molecular weight excluding hydrogens is 278 g/mol. The summed E-state index contributed by atoms with van der Waals surface area (Å²) in [6.45, 7) is 5.29. The number of methoxy groups -OCH3 is 1. The van der Waals surface area contributed by atoms with Gasteiger partial charge in [0.25, 0.3) is 0 Å². The first-order valence-electron chi connectivity index (χ1n) is 6.44. The average Bonchev–Trinajstić information content (AvgIpc) is 2.37. The van der Waals surface area contributed by atoms with Gasteiger partial charge in [-0.15, -0.1) is 0 Å². The maximum atomic E-state index is 12.3. The molecule has 0 radical (unpaired) electrons. The van der Waals surface area contributed by atoms with E-state index in [0.717, 1.165) is 5.56 Å². The van der Waals surface area contributed by atoms with Gasteiger partial charge in [-0.2, -0.15) is 4.72 Å². The highest BCUT2D eigenvalue weighted by molar-refractivity contribution is 7.89. The summed E-state index contributed by atoms with van der Waals surface area (Å²) in [4.78, 5) is 12.0. The zero-order valence-corrected chi connectivity index (χ0v) is 13.1. The Morgan fingerprint density at radius 1 is 1.30 bits per heavy atom. The fraction of sp³-hybridized carbons (Fsp3) is 0.500. The van der Waals surface area contributed by atoms with Gasteiger partial charge in [0.05, 0.1) is 12.0 Å². The van der Waals surface area contributed by atoms with Gasteiger partial charge in [-0.1, -0.05) is 31.0 Å². The van der Waals surface area contributed by atoms with Crippen molar-refractivity contribution < 1.29 is 17.9 Å². The van der Waals surface area contributed by atoms with Crippen molar-refractivity contribution in [2.45, 2.75) is 44.0 Å². The summed E-state index contributed by atoms with van der Waals surface area (Å²) in [5.74, 6) is -0.588. The molecule has 20 heavy (non-hydrogen) atoms. The van der Waals surface area contributed by atoms with Gasteiger partial charge < -0.3 is 4.74 Å². The summed E-state index contributed by atoms with van der Waals surface area (Å²) in [5, 5.41) is 0. The van der Waals surface area contributed by atoms with E-state index in [0.29, 0.717) is 12.8 Å². The Bertz CT molecular complexity index is 565. The number of aryl methyl sites for hydroxylation is 1. The second-order valence-electron chi connectivity index (χ2n) is 4.99. The van der Waals surface area contributed by atoms with Gasteiger partial charge in [-0.25, -0.2) is 8.42 Å². The number of carbonyl (C=O) groups excluding carboxylic acids is 1. The molecule has 1 aromatic carbocycles. The largest absolute Gasteiger partial charge is 0.468 e. The number of benzene rings is 1. The number of ether oxygens (including phenoxy) is 1. The van der Waals surface area contributed by atoms with Crippen molar-refractivity contribution in [2.24, 2.45) is 0 Å². The van der Waals surface area contributed by atoms with Gasteiger partial charge >= 0.3 is 5.97 Å². The molecule has 5 nitrogen and oxygen atoms in total. The summed E-state index contributed by atoms with van der Waals surface area (Å²) < 4.78 is 31.8. The summed E-state index contributed by atoms with van der Waals surface area (Å²) in [5.41, 5.74) is -0.291. The van der Waals surface area contributed by atoms with Gasteiger partial charge in [0, 0.05) is 0 Å². The highest BCUT2D eigenvalue weighted by atomic mass is 32.2. The van der Waals surface area contributed by atoms with Gasteiger partial charge in [-0.3, -0.25) is 4.79 Å². The van der Waals surface area contributed by atoms with E-state index in [1.807, 2.05) is 13.8 Å². The highest BCUT2D eigenvalue weighted by Crippen LogP contribution is 2.19. The molecule has 1 atom stereocenters. The van der Waals surface area contributed by atoms with Crippen LogP contribution < -0.4 is 4.72 Å². The van der Waals surface area contributed by atoms with Crippen LogP contribution in [0.1, 0.15) is 32.3 Å².